The number of carbonyl (C=O) groups is 2. The van der Waals surface area contributed by atoms with E-state index in [1.165, 1.54) is 37.2 Å². The van der Waals surface area contributed by atoms with E-state index in [0.29, 0.717) is 32.5 Å². The van der Waals surface area contributed by atoms with Gasteiger partial charge in [0.2, 0.25) is 0 Å². The van der Waals surface area contributed by atoms with Gasteiger partial charge in [-0.3, -0.25) is 4.79 Å². The second-order valence-electron chi connectivity index (χ2n) is 7.83. The van der Waals surface area contributed by atoms with Gasteiger partial charge in [0.15, 0.2) is 0 Å². The number of unbranched alkanes of at least 4 members (excludes halogenated alkanes) is 13. The Labute approximate surface area is 173 Å². The first-order chi connectivity index (χ1) is 13.7. The van der Waals surface area contributed by atoms with Gasteiger partial charge in [-0.25, -0.2) is 0 Å². The lowest BCUT2D eigenvalue weighted by atomic mass is 10.1. The highest BCUT2D eigenvalue weighted by molar-refractivity contribution is 5.69. The lowest BCUT2D eigenvalue weighted by molar-refractivity contribution is -0.143. The predicted octanol–water partition coefficient (Wildman–Crippen LogP) is 6.07. The number of carbonyl (C=O) groups excluding carboxylic acids is 2. The number of ether oxygens (including phenoxy) is 1. The van der Waals surface area contributed by atoms with Crippen LogP contribution in [0.4, 0.5) is 0 Å². The molecule has 0 rings (SSSR count). The molecule has 0 aliphatic carbocycles. The van der Waals surface area contributed by atoms with Crippen molar-refractivity contribution in [2.24, 2.45) is 0 Å². The Balaban J connectivity index is 3.26. The second-order valence-corrected chi connectivity index (χ2v) is 7.83. The normalized spacial score (nSPS) is 11.1. The first-order valence-corrected chi connectivity index (χ1v) is 11.7. The molecule has 0 aromatic rings. The molecule has 0 unspecified atom stereocenters. The van der Waals surface area contributed by atoms with Crippen molar-refractivity contribution in [3.05, 3.63) is 0 Å². The van der Waals surface area contributed by atoms with Crippen LogP contribution in [-0.4, -0.2) is 42.2 Å². The maximum atomic E-state index is 11.7. The predicted molar refractivity (Wildman–Crippen MR) is 115 cm³/mol. The fraction of sp³-hybridized carbons (Fsp3) is 0.913. The SMILES string of the molecule is CCCCCCCCCOC(=O)CCCCCCCN(O)CCCCCC=O. The molecule has 5 heteroatoms. The zero-order valence-electron chi connectivity index (χ0n) is 18.3. The highest BCUT2D eigenvalue weighted by Gasteiger charge is 2.03. The van der Waals surface area contributed by atoms with E-state index in [9.17, 15) is 14.8 Å². The van der Waals surface area contributed by atoms with Crippen LogP contribution in [0.1, 0.15) is 116 Å². The number of nitrogens with zero attached hydrogens (tertiary/aromatic N) is 1. The van der Waals surface area contributed by atoms with Gasteiger partial charge in [0, 0.05) is 25.9 Å². The molecule has 0 fully saturated rings. The third-order valence-electron chi connectivity index (χ3n) is 5.05. The van der Waals surface area contributed by atoms with Crippen molar-refractivity contribution >= 4 is 12.3 Å². The van der Waals surface area contributed by atoms with Crippen molar-refractivity contribution in [3.8, 4) is 0 Å². The molecule has 0 aliphatic rings. The summed E-state index contributed by atoms with van der Waals surface area (Å²) < 4.78 is 5.29. The van der Waals surface area contributed by atoms with Crippen LogP contribution in [-0.2, 0) is 14.3 Å². The van der Waals surface area contributed by atoms with E-state index in [-0.39, 0.29) is 5.97 Å². The standard InChI is InChI=1S/C23H45NO4/c1-2-3-4-5-6-12-17-22-28-23(26)18-13-8-7-9-14-19-24(27)20-15-10-11-16-21-25/h21,27H,2-20,22H2,1H3. The lowest BCUT2D eigenvalue weighted by Gasteiger charge is -2.14. The number of esters is 1. The van der Waals surface area contributed by atoms with Crippen LogP contribution in [0.5, 0.6) is 0 Å². The molecule has 28 heavy (non-hydrogen) atoms. The monoisotopic (exact) mass is 399 g/mol. The molecule has 0 bridgehead atoms. The van der Waals surface area contributed by atoms with Crippen molar-refractivity contribution in [3.63, 3.8) is 0 Å². The van der Waals surface area contributed by atoms with Crippen LogP contribution < -0.4 is 0 Å². The molecule has 0 aliphatic heterocycles. The van der Waals surface area contributed by atoms with Crippen LogP contribution in [0.25, 0.3) is 0 Å². The van der Waals surface area contributed by atoms with Gasteiger partial charge in [-0.2, -0.15) is 5.06 Å². The fourth-order valence-corrected chi connectivity index (χ4v) is 3.22. The number of hydroxylamine groups is 2. The highest BCUT2D eigenvalue weighted by Crippen LogP contribution is 2.09. The number of hydrogen-bond donors (Lipinski definition) is 1. The molecule has 5 nitrogen and oxygen atoms in total. The summed E-state index contributed by atoms with van der Waals surface area (Å²) in [5, 5.41) is 11.1. The maximum absolute atomic E-state index is 11.7. The quantitative estimate of drug-likeness (QED) is 0.104. The Bertz CT molecular complexity index is 349. The number of hydrogen-bond acceptors (Lipinski definition) is 5. The zero-order valence-corrected chi connectivity index (χ0v) is 18.3. The molecular weight excluding hydrogens is 354 g/mol. The summed E-state index contributed by atoms with van der Waals surface area (Å²) in [4.78, 5) is 21.9. The van der Waals surface area contributed by atoms with E-state index in [0.717, 1.165) is 70.5 Å². The molecule has 0 spiro atoms. The summed E-state index contributed by atoms with van der Waals surface area (Å²) in [5.74, 6) is -0.0536. The van der Waals surface area contributed by atoms with Crippen molar-refractivity contribution in [2.75, 3.05) is 19.7 Å². The van der Waals surface area contributed by atoms with Gasteiger partial charge >= 0.3 is 5.97 Å². The van der Waals surface area contributed by atoms with Gasteiger partial charge in [-0.1, -0.05) is 71.1 Å². The summed E-state index contributed by atoms with van der Waals surface area (Å²) in [6, 6.07) is 0. The Morgan fingerprint density at radius 2 is 1.32 bits per heavy atom. The summed E-state index contributed by atoms with van der Waals surface area (Å²) in [6.45, 7) is 4.19. The average Bonchev–Trinajstić information content (AvgIpc) is 2.69. The third kappa shape index (κ3) is 21.4. The van der Waals surface area contributed by atoms with Gasteiger partial charge in [-0.15, -0.1) is 0 Å². The van der Waals surface area contributed by atoms with Gasteiger partial charge in [0.05, 0.1) is 6.61 Å². The molecular formula is C23H45NO4. The molecule has 166 valence electrons. The van der Waals surface area contributed by atoms with Crippen LogP contribution in [0.15, 0.2) is 0 Å². The van der Waals surface area contributed by atoms with Crippen molar-refractivity contribution in [2.45, 2.75) is 116 Å². The van der Waals surface area contributed by atoms with Crippen LogP contribution in [0, 0.1) is 0 Å². The second kappa shape index (κ2) is 22.4. The van der Waals surface area contributed by atoms with Gasteiger partial charge < -0.3 is 14.7 Å². The molecule has 1 N–H and O–H groups in total. The van der Waals surface area contributed by atoms with Gasteiger partial charge in [0.1, 0.15) is 6.29 Å². The third-order valence-corrected chi connectivity index (χ3v) is 5.05. The Morgan fingerprint density at radius 1 is 0.786 bits per heavy atom. The average molecular weight is 400 g/mol. The summed E-state index contributed by atoms with van der Waals surface area (Å²) in [7, 11) is 0. The minimum Gasteiger partial charge on any atom is -0.466 e. The van der Waals surface area contributed by atoms with Crippen LogP contribution in [0.3, 0.4) is 0 Å². The highest BCUT2D eigenvalue weighted by atomic mass is 16.5. The minimum atomic E-state index is -0.0536. The van der Waals surface area contributed by atoms with E-state index in [1.807, 2.05) is 0 Å². The molecule has 0 amide bonds. The summed E-state index contributed by atoms with van der Waals surface area (Å²) in [6.07, 6.45) is 18.7. The van der Waals surface area contributed by atoms with E-state index >= 15 is 0 Å². The molecule has 0 atom stereocenters. The van der Waals surface area contributed by atoms with Gasteiger partial charge in [0.25, 0.3) is 0 Å². The number of rotatable bonds is 22. The molecule has 0 radical (unpaired) electrons. The Kier molecular flexibility index (Phi) is 21.6. The first-order valence-electron chi connectivity index (χ1n) is 11.7. The van der Waals surface area contributed by atoms with Crippen molar-refractivity contribution < 1.29 is 19.5 Å². The topological polar surface area (TPSA) is 66.8 Å². The van der Waals surface area contributed by atoms with E-state index in [2.05, 4.69) is 6.92 Å². The van der Waals surface area contributed by atoms with E-state index in [4.69, 9.17) is 4.74 Å². The first kappa shape index (κ1) is 27.1. The van der Waals surface area contributed by atoms with E-state index < -0.39 is 0 Å². The molecule has 0 heterocycles. The lowest BCUT2D eigenvalue weighted by Crippen LogP contribution is -2.21. The van der Waals surface area contributed by atoms with Crippen molar-refractivity contribution in [1.29, 1.82) is 0 Å². The van der Waals surface area contributed by atoms with Crippen LogP contribution in [0.2, 0.25) is 0 Å². The molecule has 0 aromatic carbocycles. The summed E-state index contributed by atoms with van der Waals surface area (Å²) in [5.41, 5.74) is 0. The largest absolute Gasteiger partial charge is 0.466 e. The van der Waals surface area contributed by atoms with Gasteiger partial charge in [-0.05, 0) is 32.1 Å². The Hall–Kier alpha value is -0.940. The zero-order chi connectivity index (χ0) is 20.7. The van der Waals surface area contributed by atoms with Crippen LogP contribution >= 0.6 is 0 Å². The van der Waals surface area contributed by atoms with Crippen molar-refractivity contribution in [1.82, 2.24) is 5.06 Å². The van der Waals surface area contributed by atoms with E-state index in [1.54, 1.807) is 0 Å². The summed E-state index contributed by atoms with van der Waals surface area (Å²) >= 11 is 0. The number of aldehydes is 1. The molecule has 0 aromatic heterocycles. The minimum absolute atomic E-state index is 0.0536. The maximum Gasteiger partial charge on any atom is 0.305 e. The fourth-order valence-electron chi connectivity index (χ4n) is 3.22. The smallest absolute Gasteiger partial charge is 0.305 e. The Morgan fingerprint density at radius 3 is 1.96 bits per heavy atom. The molecule has 0 saturated heterocycles. The molecule has 0 saturated carbocycles.